The van der Waals surface area contributed by atoms with Crippen LogP contribution in [0.4, 0.5) is 0 Å². The highest BCUT2D eigenvalue weighted by Gasteiger charge is 2.53. The van der Waals surface area contributed by atoms with Crippen LogP contribution in [-0.2, 0) is 9.53 Å². The van der Waals surface area contributed by atoms with Crippen LogP contribution in [0.25, 0.3) is 0 Å². The van der Waals surface area contributed by atoms with Gasteiger partial charge < -0.3 is 15.4 Å². The average molecular weight is 184 g/mol. The number of nitrogens with one attached hydrogen (secondary N) is 2. The largest absolute Gasteiger partial charge is 0.384 e. The molecule has 1 heterocycles. The van der Waals surface area contributed by atoms with Gasteiger partial charge in [0.15, 0.2) is 0 Å². The van der Waals surface area contributed by atoms with Gasteiger partial charge in [0.2, 0.25) is 5.91 Å². The summed E-state index contributed by atoms with van der Waals surface area (Å²) in [5.74, 6) is 1.53. The van der Waals surface area contributed by atoms with E-state index in [4.69, 9.17) is 4.74 Å². The Labute approximate surface area is 78.0 Å². The highest BCUT2D eigenvalue weighted by atomic mass is 16.5. The SMILES string of the molecule is COCCC(=O)NC1C2CNCC21. The summed E-state index contributed by atoms with van der Waals surface area (Å²) in [6.45, 7) is 2.66. The Morgan fingerprint density at radius 1 is 1.54 bits per heavy atom. The van der Waals surface area contributed by atoms with E-state index in [1.165, 1.54) is 0 Å². The minimum atomic E-state index is 0.126. The molecule has 0 bridgehead atoms. The number of methoxy groups -OCH3 is 1. The topological polar surface area (TPSA) is 50.4 Å². The second kappa shape index (κ2) is 3.64. The van der Waals surface area contributed by atoms with Crippen molar-refractivity contribution < 1.29 is 9.53 Å². The molecule has 1 saturated carbocycles. The highest BCUT2D eigenvalue weighted by Crippen LogP contribution is 2.41. The van der Waals surface area contributed by atoms with Crippen molar-refractivity contribution in [2.24, 2.45) is 11.8 Å². The smallest absolute Gasteiger partial charge is 0.222 e. The quantitative estimate of drug-likeness (QED) is 0.611. The van der Waals surface area contributed by atoms with Crippen LogP contribution >= 0.6 is 0 Å². The van der Waals surface area contributed by atoms with Gasteiger partial charge in [0.05, 0.1) is 6.61 Å². The number of hydrogen-bond acceptors (Lipinski definition) is 3. The van der Waals surface area contributed by atoms with Gasteiger partial charge in [-0.3, -0.25) is 4.79 Å². The van der Waals surface area contributed by atoms with Crippen LogP contribution in [0.3, 0.4) is 0 Å². The fraction of sp³-hybridized carbons (Fsp3) is 0.889. The number of hydrogen-bond donors (Lipinski definition) is 2. The second-order valence-electron chi connectivity index (χ2n) is 3.82. The van der Waals surface area contributed by atoms with Crippen LogP contribution in [-0.4, -0.2) is 38.8 Å². The van der Waals surface area contributed by atoms with Gasteiger partial charge in [0.1, 0.15) is 0 Å². The van der Waals surface area contributed by atoms with Crippen LogP contribution in [0.2, 0.25) is 0 Å². The first-order valence-corrected chi connectivity index (χ1v) is 4.82. The average Bonchev–Trinajstić information content (AvgIpc) is 2.63. The maximum Gasteiger partial charge on any atom is 0.222 e. The Morgan fingerprint density at radius 2 is 2.23 bits per heavy atom. The minimum Gasteiger partial charge on any atom is -0.384 e. The van der Waals surface area contributed by atoms with Gasteiger partial charge in [-0.25, -0.2) is 0 Å². The van der Waals surface area contributed by atoms with E-state index < -0.39 is 0 Å². The predicted octanol–water partition coefficient (Wildman–Crippen LogP) is -0.643. The van der Waals surface area contributed by atoms with Gasteiger partial charge in [0, 0.05) is 32.7 Å². The number of carbonyl (C=O) groups is 1. The molecule has 1 saturated heterocycles. The summed E-state index contributed by atoms with van der Waals surface area (Å²) < 4.78 is 4.84. The van der Waals surface area contributed by atoms with Crippen molar-refractivity contribution in [3.05, 3.63) is 0 Å². The normalized spacial score (nSPS) is 35.6. The lowest BCUT2D eigenvalue weighted by molar-refractivity contribution is -0.122. The molecule has 2 aliphatic rings. The summed E-state index contributed by atoms with van der Waals surface area (Å²) in [5, 5.41) is 6.32. The van der Waals surface area contributed by atoms with Crippen LogP contribution in [0.15, 0.2) is 0 Å². The van der Waals surface area contributed by atoms with E-state index in [2.05, 4.69) is 10.6 Å². The number of carbonyl (C=O) groups excluding carboxylic acids is 1. The molecule has 4 nitrogen and oxygen atoms in total. The van der Waals surface area contributed by atoms with Crippen molar-refractivity contribution in [2.45, 2.75) is 12.5 Å². The first kappa shape index (κ1) is 8.97. The molecule has 1 aliphatic carbocycles. The van der Waals surface area contributed by atoms with E-state index in [1.807, 2.05) is 0 Å². The summed E-state index contributed by atoms with van der Waals surface area (Å²) in [7, 11) is 1.61. The molecule has 13 heavy (non-hydrogen) atoms. The van der Waals surface area contributed by atoms with E-state index in [0.717, 1.165) is 13.1 Å². The maximum atomic E-state index is 11.3. The van der Waals surface area contributed by atoms with E-state index in [-0.39, 0.29) is 5.91 Å². The molecule has 1 amide bonds. The zero-order chi connectivity index (χ0) is 9.26. The molecule has 2 rings (SSSR count). The summed E-state index contributed by atoms with van der Waals surface area (Å²) >= 11 is 0. The molecular weight excluding hydrogens is 168 g/mol. The number of fused-ring (bicyclic) bond motifs is 1. The number of piperidine rings is 1. The molecule has 74 valence electrons. The summed E-state index contributed by atoms with van der Waals surface area (Å²) in [5.41, 5.74) is 0. The predicted molar refractivity (Wildman–Crippen MR) is 48.3 cm³/mol. The van der Waals surface area contributed by atoms with Gasteiger partial charge in [0.25, 0.3) is 0 Å². The van der Waals surface area contributed by atoms with E-state index >= 15 is 0 Å². The van der Waals surface area contributed by atoms with Crippen molar-refractivity contribution >= 4 is 5.91 Å². The van der Waals surface area contributed by atoms with Crippen LogP contribution in [0.5, 0.6) is 0 Å². The highest BCUT2D eigenvalue weighted by molar-refractivity contribution is 5.76. The Hall–Kier alpha value is -0.610. The van der Waals surface area contributed by atoms with Gasteiger partial charge >= 0.3 is 0 Å². The number of ether oxygens (including phenoxy) is 1. The summed E-state index contributed by atoms with van der Waals surface area (Å²) in [6, 6.07) is 0.450. The van der Waals surface area contributed by atoms with Gasteiger partial charge in [-0.1, -0.05) is 0 Å². The van der Waals surface area contributed by atoms with E-state index in [0.29, 0.717) is 30.9 Å². The first-order valence-electron chi connectivity index (χ1n) is 4.82. The Kier molecular flexibility index (Phi) is 2.51. The van der Waals surface area contributed by atoms with Crippen molar-refractivity contribution in [1.29, 1.82) is 0 Å². The van der Waals surface area contributed by atoms with Crippen LogP contribution in [0.1, 0.15) is 6.42 Å². The Balaban J connectivity index is 1.65. The first-order chi connectivity index (χ1) is 6.33. The van der Waals surface area contributed by atoms with Gasteiger partial charge in [-0.05, 0) is 11.8 Å². The standard InChI is InChI=1S/C9H16N2O2/c1-13-3-2-8(12)11-9-6-4-10-5-7(6)9/h6-7,9-10H,2-5H2,1H3,(H,11,12). The fourth-order valence-electron chi connectivity index (χ4n) is 2.09. The van der Waals surface area contributed by atoms with Crippen LogP contribution < -0.4 is 10.6 Å². The summed E-state index contributed by atoms with van der Waals surface area (Å²) in [4.78, 5) is 11.3. The number of amides is 1. The third-order valence-electron chi connectivity index (χ3n) is 2.95. The minimum absolute atomic E-state index is 0.126. The zero-order valence-corrected chi connectivity index (χ0v) is 7.88. The molecule has 2 atom stereocenters. The molecule has 0 aromatic heterocycles. The lowest BCUT2D eigenvalue weighted by atomic mass is 10.3. The molecule has 0 aromatic carbocycles. The zero-order valence-electron chi connectivity index (χ0n) is 7.88. The Morgan fingerprint density at radius 3 is 2.85 bits per heavy atom. The molecular formula is C9H16N2O2. The van der Waals surface area contributed by atoms with Crippen LogP contribution in [0, 0.1) is 11.8 Å². The molecule has 0 spiro atoms. The number of rotatable bonds is 4. The van der Waals surface area contributed by atoms with Crippen molar-refractivity contribution in [3.8, 4) is 0 Å². The maximum absolute atomic E-state index is 11.3. The van der Waals surface area contributed by atoms with Gasteiger partial charge in [-0.2, -0.15) is 0 Å². The molecule has 0 radical (unpaired) electrons. The lowest BCUT2D eigenvalue weighted by Gasteiger charge is -2.06. The monoisotopic (exact) mass is 184 g/mol. The van der Waals surface area contributed by atoms with E-state index in [9.17, 15) is 4.79 Å². The van der Waals surface area contributed by atoms with E-state index in [1.54, 1.807) is 7.11 Å². The summed E-state index contributed by atoms with van der Waals surface area (Å²) in [6.07, 6.45) is 0.486. The molecule has 2 fully saturated rings. The molecule has 0 aromatic rings. The van der Waals surface area contributed by atoms with Gasteiger partial charge in [-0.15, -0.1) is 0 Å². The molecule has 2 unspecified atom stereocenters. The fourth-order valence-corrected chi connectivity index (χ4v) is 2.09. The lowest BCUT2D eigenvalue weighted by Crippen LogP contribution is -2.32. The third-order valence-corrected chi connectivity index (χ3v) is 2.95. The van der Waals surface area contributed by atoms with Crippen molar-refractivity contribution in [1.82, 2.24) is 10.6 Å². The second-order valence-corrected chi connectivity index (χ2v) is 3.82. The third kappa shape index (κ3) is 1.84. The Bertz CT molecular complexity index is 198. The molecule has 2 N–H and O–H groups in total. The molecule has 1 aliphatic heterocycles. The van der Waals surface area contributed by atoms with Crippen molar-refractivity contribution in [3.63, 3.8) is 0 Å². The molecule has 4 heteroatoms. The van der Waals surface area contributed by atoms with Crippen molar-refractivity contribution in [2.75, 3.05) is 26.8 Å².